The Kier molecular flexibility index (Phi) is 6.29. The molecule has 0 atom stereocenters. The van der Waals surface area contributed by atoms with Gasteiger partial charge in [-0.15, -0.1) is 0 Å². The van der Waals surface area contributed by atoms with E-state index < -0.39 is 0 Å². The molecule has 0 radical (unpaired) electrons. The van der Waals surface area contributed by atoms with Crippen LogP contribution in [0.25, 0.3) is 23.3 Å². The zero-order chi connectivity index (χ0) is 18.2. The first-order valence-electron chi connectivity index (χ1n) is 8.50. The summed E-state index contributed by atoms with van der Waals surface area (Å²) < 4.78 is 5.22. The second-order valence-electron chi connectivity index (χ2n) is 5.84. The molecule has 3 aromatic rings. The van der Waals surface area contributed by atoms with Crippen LogP contribution in [0, 0.1) is 0 Å². The number of thiol groups is 1. The minimum atomic E-state index is -0.262. The monoisotopic (exact) mass is 360 g/mol. The van der Waals surface area contributed by atoms with E-state index in [4.69, 9.17) is 4.74 Å². The van der Waals surface area contributed by atoms with Crippen LogP contribution in [0.2, 0.25) is 0 Å². The van der Waals surface area contributed by atoms with Crippen molar-refractivity contribution in [1.29, 1.82) is 0 Å². The number of carbonyl (C=O) groups excluding carboxylic acids is 1. The van der Waals surface area contributed by atoms with Crippen molar-refractivity contribution >= 4 is 30.8 Å². The van der Waals surface area contributed by atoms with E-state index in [-0.39, 0.29) is 5.97 Å². The summed E-state index contributed by atoms with van der Waals surface area (Å²) in [6, 6.07) is 26.2. The second kappa shape index (κ2) is 9.07. The van der Waals surface area contributed by atoms with Crippen LogP contribution >= 0.6 is 12.6 Å². The minimum Gasteiger partial charge on any atom is -0.427 e. The lowest BCUT2D eigenvalue weighted by atomic mass is 10.0. The van der Waals surface area contributed by atoms with Gasteiger partial charge in [0.05, 0.1) is 6.42 Å². The summed E-state index contributed by atoms with van der Waals surface area (Å²) in [7, 11) is 0. The molecule has 0 heterocycles. The lowest BCUT2D eigenvalue weighted by Gasteiger charge is -2.03. The first kappa shape index (κ1) is 18.0. The molecule has 0 bridgehead atoms. The highest BCUT2D eigenvalue weighted by Gasteiger charge is 2.02. The predicted molar refractivity (Wildman–Crippen MR) is 111 cm³/mol. The molecule has 0 saturated carbocycles. The normalized spacial score (nSPS) is 10.8. The molecule has 0 aromatic heterocycles. The molecule has 0 N–H and O–H groups in total. The Balaban J connectivity index is 1.63. The van der Waals surface area contributed by atoms with Crippen molar-refractivity contribution in [2.45, 2.75) is 6.42 Å². The highest BCUT2D eigenvalue weighted by molar-refractivity contribution is 7.80. The fourth-order valence-electron chi connectivity index (χ4n) is 2.53. The van der Waals surface area contributed by atoms with Gasteiger partial charge < -0.3 is 4.74 Å². The summed E-state index contributed by atoms with van der Waals surface area (Å²) in [5.41, 5.74) is 4.60. The lowest BCUT2D eigenvalue weighted by molar-refractivity contribution is -0.133. The smallest absolute Gasteiger partial charge is 0.312 e. The van der Waals surface area contributed by atoms with Gasteiger partial charge in [-0.1, -0.05) is 78.9 Å². The Hall–Kier alpha value is -2.78. The zero-order valence-corrected chi connectivity index (χ0v) is 15.2. The highest BCUT2D eigenvalue weighted by Crippen LogP contribution is 2.20. The molecule has 3 heteroatoms. The van der Waals surface area contributed by atoms with Crippen LogP contribution in [-0.2, 0) is 4.79 Å². The van der Waals surface area contributed by atoms with Gasteiger partial charge in [0.1, 0.15) is 5.75 Å². The molecule has 0 saturated heterocycles. The summed E-state index contributed by atoms with van der Waals surface area (Å²) in [5.74, 6) is 0.783. The minimum absolute atomic E-state index is 0.262. The standard InChI is InChI=1S/C23H20O2S/c24-23(16-17-26)25-22-14-10-19(11-15-22)7-6-18-8-12-21(13-9-18)20-4-2-1-3-5-20/h1-15,26H,16-17H2/b7-6+. The molecule has 3 rings (SSSR count). The number of esters is 1. The van der Waals surface area contributed by atoms with Crippen molar-refractivity contribution < 1.29 is 9.53 Å². The van der Waals surface area contributed by atoms with Crippen LogP contribution in [-0.4, -0.2) is 11.7 Å². The zero-order valence-electron chi connectivity index (χ0n) is 14.3. The fourth-order valence-corrected chi connectivity index (χ4v) is 2.71. The van der Waals surface area contributed by atoms with Gasteiger partial charge in [-0.25, -0.2) is 0 Å². The summed E-state index contributed by atoms with van der Waals surface area (Å²) in [6.07, 6.45) is 4.41. The molecule has 0 fully saturated rings. The number of hydrogen-bond acceptors (Lipinski definition) is 3. The third-order valence-corrected chi connectivity index (χ3v) is 4.14. The van der Waals surface area contributed by atoms with E-state index in [0.29, 0.717) is 17.9 Å². The van der Waals surface area contributed by atoms with E-state index >= 15 is 0 Å². The largest absolute Gasteiger partial charge is 0.427 e. The van der Waals surface area contributed by atoms with Crippen molar-refractivity contribution in [2.24, 2.45) is 0 Å². The van der Waals surface area contributed by atoms with Crippen molar-refractivity contribution in [2.75, 3.05) is 5.75 Å². The van der Waals surface area contributed by atoms with Gasteiger partial charge in [0.25, 0.3) is 0 Å². The van der Waals surface area contributed by atoms with Crippen LogP contribution < -0.4 is 4.74 Å². The number of carbonyl (C=O) groups is 1. The second-order valence-corrected chi connectivity index (χ2v) is 6.29. The van der Waals surface area contributed by atoms with Gasteiger partial charge in [-0.2, -0.15) is 12.6 Å². The van der Waals surface area contributed by atoms with E-state index in [2.05, 4.69) is 55.1 Å². The maximum absolute atomic E-state index is 11.5. The number of ether oxygens (including phenoxy) is 1. The summed E-state index contributed by atoms with van der Waals surface area (Å²) in [4.78, 5) is 11.5. The first-order chi connectivity index (χ1) is 12.7. The van der Waals surface area contributed by atoms with E-state index in [1.165, 1.54) is 11.1 Å². The van der Waals surface area contributed by atoms with Crippen LogP contribution in [0.4, 0.5) is 0 Å². The number of rotatable bonds is 6. The van der Waals surface area contributed by atoms with Crippen molar-refractivity contribution in [1.82, 2.24) is 0 Å². The Bertz CT molecular complexity index is 866. The topological polar surface area (TPSA) is 26.3 Å². The van der Waals surface area contributed by atoms with E-state index in [1.54, 1.807) is 12.1 Å². The van der Waals surface area contributed by atoms with Gasteiger partial charge >= 0.3 is 5.97 Å². The first-order valence-corrected chi connectivity index (χ1v) is 9.13. The van der Waals surface area contributed by atoms with E-state index in [9.17, 15) is 4.79 Å². The molecule has 0 aliphatic carbocycles. The van der Waals surface area contributed by atoms with Gasteiger partial charge in [0, 0.05) is 5.75 Å². The van der Waals surface area contributed by atoms with Crippen molar-refractivity contribution in [3.05, 3.63) is 90.0 Å². The molecule has 0 unspecified atom stereocenters. The molecule has 26 heavy (non-hydrogen) atoms. The quantitative estimate of drug-likeness (QED) is 0.262. The molecular weight excluding hydrogens is 340 g/mol. The molecule has 3 aromatic carbocycles. The molecular formula is C23H20O2S. The number of hydrogen-bond donors (Lipinski definition) is 1. The molecule has 0 aliphatic rings. The Morgan fingerprint density at radius 2 is 1.31 bits per heavy atom. The molecule has 0 aliphatic heterocycles. The van der Waals surface area contributed by atoms with Gasteiger partial charge in [0.15, 0.2) is 0 Å². The summed E-state index contributed by atoms with van der Waals surface area (Å²) in [6.45, 7) is 0. The SMILES string of the molecule is O=C(CCS)Oc1ccc(/C=C/c2ccc(-c3ccccc3)cc2)cc1. The Morgan fingerprint density at radius 1 is 0.769 bits per heavy atom. The average molecular weight is 360 g/mol. The maximum atomic E-state index is 11.5. The third kappa shape index (κ3) is 5.11. The van der Waals surface area contributed by atoms with Crippen LogP contribution in [0.1, 0.15) is 17.5 Å². The van der Waals surface area contributed by atoms with E-state index in [0.717, 1.165) is 11.1 Å². The summed E-state index contributed by atoms with van der Waals surface area (Å²) >= 11 is 4.02. The van der Waals surface area contributed by atoms with Gasteiger partial charge in [0.2, 0.25) is 0 Å². The van der Waals surface area contributed by atoms with E-state index in [1.807, 2.05) is 36.4 Å². The van der Waals surface area contributed by atoms with Crippen LogP contribution in [0.5, 0.6) is 5.75 Å². The van der Waals surface area contributed by atoms with Crippen molar-refractivity contribution in [3.63, 3.8) is 0 Å². The molecule has 130 valence electrons. The summed E-state index contributed by atoms with van der Waals surface area (Å²) in [5, 5.41) is 0. The predicted octanol–water partition coefficient (Wildman–Crippen LogP) is 5.75. The fraction of sp³-hybridized carbons (Fsp3) is 0.0870. The van der Waals surface area contributed by atoms with Gasteiger partial charge in [-0.3, -0.25) is 4.79 Å². The Labute approximate surface area is 159 Å². The van der Waals surface area contributed by atoms with Crippen molar-refractivity contribution in [3.8, 4) is 16.9 Å². The molecule has 0 spiro atoms. The maximum Gasteiger partial charge on any atom is 0.312 e. The Morgan fingerprint density at radius 3 is 1.88 bits per heavy atom. The third-order valence-electron chi connectivity index (χ3n) is 3.91. The molecule has 2 nitrogen and oxygen atoms in total. The lowest BCUT2D eigenvalue weighted by Crippen LogP contribution is -2.07. The van der Waals surface area contributed by atoms with Gasteiger partial charge in [-0.05, 0) is 34.4 Å². The van der Waals surface area contributed by atoms with Crippen LogP contribution in [0.3, 0.4) is 0 Å². The van der Waals surface area contributed by atoms with Crippen LogP contribution in [0.15, 0.2) is 78.9 Å². The average Bonchev–Trinajstić information content (AvgIpc) is 2.69. The number of benzene rings is 3. The molecule has 0 amide bonds. The highest BCUT2D eigenvalue weighted by atomic mass is 32.1.